The number of amides is 1. The summed E-state index contributed by atoms with van der Waals surface area (Å²) in [5.41, 5.74) is 0.516. The van der Waals surface area contributed by atoms with E-state index in [0.29, 0.717) is 34.8 Å². The Kier molecular flexibility index (Phi) is 6.95. The smallest absolute Gasteiger partial charge is 0.252 e. The number of halogens is 1. The van der Waals surface area contributed by atoms with E-state index in [9.17, 15) is 9.90 Å². The zero-order chi connectivity index (χ0) is 19.2. The molecule has 1 aliphatic carbocycles. The highest BCUT2D eigenvalue weighted by molar-refractivity contribution is 9.10. The predicted octanol–water partition coefficient (Wildman–Crippen LogP) is 4.34. The van der Waals surface area contributed by atoms with Gasteiger partial charge in [0.15, 0.2) is 5.13 Å². The van der Waals surface area contributed by atoms with Gasteiger partial charge in [-0.25, -0.2) is 0 Å². The molecule has 0 saturated heterocycles. The Labute approximate surface area is 171 Å². The molecule has 3 N–H and O–H groups in total. The number of hydrogen-bond acceptors (Lipinski definition) is 6. The van der Waals surface area contributed by atoms with Crippen LogP contribution in [0.5, 0.6) is 11.6 Å². The van der Waals surface area contributed by atoms with Crippen LogP contribution in [0.1, 0.15) is 47.3 Å². The molecule has 1 fully saturated rings. The van der Waals surface area contributed by atoms with Crippen LogP contribution in [0.15, 0.2) is 22.7 Å². The lowest BCUT2D eigenvalue weighted by Crippen LogP contribution is -2.25. The van der Waals surface area contributed by atoms with E-state index in [1.165, 1.54) is 30.6 Å². The lowest BCUT2D eigenvalue weighted by Gasteiger charge is -2.22. The fourth-order valence-corrected chi connectivity index (χ4v) is 4.76. The first-order valence-electron chi connectivity index (χ1n) is 9.14. The molecule has 1 aliphatic rings. The number of nitrogens with one attached hydrogen (secondary N) is 2. The first-order chi connectivity index (χ1) is 13.1. The molecular formula is C19H24BrN3O3S. The lowest BCUT2D eigenvalue weighted by atomic mass is 9.96. The van der Waals surface area contributed by atoms with Crippen molar-refractivity contribution in [3.05, 3.63) is 33.1 Å². The maximum absolute atomic E-state index is 12.4. The number of thiazole rings is 1. The van der Waals surface area contributed by atoms with Crippen LogP contribution < -0.4 is 15.4 Å². The third kappa shape index (κ3) is 5.13. The standard InChI is InChI=1S/C19H24BrN3O3S/c1-26-14-9-5-8-13(16(14)20)17(24)21-11-10-15-18(25)23-19(27-15)22-12-6-3-2-4-7-12/h5,8-9,12,25H,2-4,6-7,10-11H2,1H3,(H,21,24)(H,22,23). The van der Waals surface area contributed by atoms with Crippen LogP contribution in [0, 0.1) is 0 Å². The van der Waals surface area contributed by atoms with Crippen LogP contribution in [0.3, 0.4) is 0 Å². The zero-order valence-corrected chi connectivity index (χ0v) is 17.7. The summed E-state index contributed by atoms with van der Waals surface area (Å²) in [7, 11) is 1.56. The molecule has 0 radical (unpaired) electrons. The Balaban J connectivity index is 1.53. The van der Waals surface area contributed by atoms with E-state index in [-0.39, 0.29) is 11.8 Å². The number of anilines is 1. The summed E-state index contributed by atoms with van der Waals surface area (Å²) in [5.74, 6) is 0.474. The SMILES string of the molecule is COc1cccc(C(=O)NCCc2sc(NC3CCCCC3)nc2O)c1Br. The summed E-state index contributed by atoms with van der Waals surface area (Å²) in [6.45, 7) is 0.418. The van der Waals surface area contributed by atoms with Crippen LogP contribution >= 0.6 is 27.3 Å². The molecule has 0 unspecified atom stereocenters. The number of aromatic hydroxyl groups is 1. The van der Waals surface area contributed by atoms with E-state index in [1.807, 2.05) is 0 Å². The van der Waals surface area contributed by atoms with Gasteiger partial charge in [-0.2, -0.15) is 4.98 Å². The van der Waals surface area contributed by atoms with Crippen molar-refractivity contribution in [3.63, 3.8) is 0 Å². The Bertz CT molecular complexity index is 791. The zero-order valence-electron chi connectivity index (χ0n) is 15.3. The van der Waals surface area contributed by atoms with Gasteiger partial charge in [0.2, 0.25) is 5.88 Å². The van der Waals surface area contributed by atoms with Gasteiger partial charge in [-0.1, -0.05) is 36.7 Å². The van der Waals surface area contributed by atoms with E-state index in [1.54, 1.807) is 25.3 Å². The fourth-order valence-electron chi connectivity index (χ4n) is 3.22. The molecule has 1 aromatic heterocycles. The first-order valence-corrected chi connectivity index (χ1v) is 10.8. The van der Waals surface area contributed by atoms with E-state index in [0.717, 1.165) is 22.9 Å². The molecule has 2 aromatic rings. The van der Waals surface area contributed by atoms with Crippen LogP contribution in [-0.2, 0) is 6.42 Å². The van der Waals surface area contributed by atoms with Crippen molar-refractivity contribution in [1.29, 1.82) is 0 Å². The monoisotopic (exact) mass is 453 g/mol. The van der Waals surface area contributed by atoms with Gasteiger partial charge in [0.25, 0.3) is 5.91 Å². The molecule has 1 heterocycles. The summed E-state index contributed by atoms with van der Waals surface area (Å²) in [6, 6.07) is 5.74. The summed E-state index contributed by atoms with van der Waals surface area (Å²) >= 11 is 4.86. The third-order valence-electron chi connectivity index (χ3n) is 4.67. The van der Waals surface area contributed by atoms with Crippen molar-refractivity contribution < 1.29 is 14.6 Å². The number of carbonyl (C=O) groups is 1. The first kappa shape index (κ1) is 19.9. The molecule has 3 rings (SSSR count). The number of ether oxygens (including phenoxy) is 1. The average molecular weight is 454 g/mol. The number of carbonyl (C=O) groups excluding carboxylic acids is 1. The second-order valence-corrected chi connectivity index (χ2v) is 8.45. The Morgan fingerprint density at radius 1 is 1.37 bits per heavy atom. The number of rotatable bonds is 7. The maximum Gasteiger partial charge on any atom is 0.252 e. The molecule has 6 nitrogen and oxygen atoms in total. The minimum Gasteiger partial charge on any atom is -0.496 e. The number of aromatic nitrogens is 1. The number of nitrogens with zero attached hydrogens (tertiary/aromatic N) is 1. The molecule has 0 aliphatic heterocycles. The van der Waals surface area contributed by atoms with E-state index in [4.69, 9.17) is 4.74 Å². The minimum absolute atomic E-state index is 0.0510. The van der Waals surface area contributed by atoms with Crippen molar-refractivity contribution in [2.45, 2.75) is 44.6 Å². The highest BCUT2D eigenvalue weighted by Gasteiger charge is 2.17. The largest absolute Gasteiger partial charge is 0.496 e. The third-order valence-corrected chi connectivity index (χ3v) is 6.53. The Morgan fingerprint density at radius 2 is 2.15 bits per heavy atom. The second kappa shape index (κ2) is 9.41. The fraction of sp³-hybridized carbons (Fsp3) is 0.474. The van der Waals surface area contributed by atoms with Gasteiger partial charge < -0.3 is 20.5 Å². The van der Waals surface area contributed by atoms with Crippen molar-refractivity contribution in [1.82, 2.24) is 10.3 Å². The summed E-state index contributed by atoms with van der Waals surface area (Å²) in [5, 5.41) is 17.1. The van der Waals surface area contributed by atoms with Crippen molar-refractivity contribution >= 4 is 38.3 Å². The molecule has 0 bridgehead atoms. The second-order valence-electron chi connectivity index (χ2n) is 6.57. The molecule has 8 heteroatoms. The molecule has 0 spiro atoms. The van der Waals surface area contributed by atoms with Gasteiger partial charge in [-0.05, 0) is 40.9 Å². The van der Waals surface area contributed by atoms with Crippen molar-refractivity contribution in [2.24, 2.45) is 0 Å². The van der Waals surface area contributed by atoms with Gasteiger partial charge in [0.05, 0.1) is 22.0 Å². The molecule has 1 amide bonds. The summed E-state index contributed by atoms with van der Waals surface area (Å²) < 4.78 is 5.85. The van der Waals surface area contributed by atoms with E-state index in [2.05, 4.69) is 31.5 Å². The summed E-state index contributed by atoms with van der Waals surface area (Å²) in [4.78, 5) is 17.4. The maximum atomic E-state index is 12.4. The van der Waals surface area contributed by atoms with Gasteiger partial charge in [-0.3, -0.25) is 4.79 Å². The highest BCUT2D eigenvalue weighted by atomic mass is 79.9. The molecule has 1 saturated carbocycles. The lowest BCUT2D eigenvalue weighted by molar-refractivity contribution is 0.0953. The van der Waals surface area contributed by atoms with Crippen LogP contribution in [-0.4, -0.2) is 35.7 Å². The van der Waals surface area contributed by atoms with E-state index >= 15 is 0 Å². The molecular weight excluding hydrogens is 430 g/mol. The topological polar surface area (TPSA) is 83.5 Å². The molecule has 0 atom stereocenters. The number of benzene rings is 1. The van der Waals surface area contributed by atoms with E-state index < -0.39 is 0 Å². The quantitative estimate of drug-likeness (QED) is 0.580. The number of methoxy groups -OCH3 is 1. The molecule has 146 valence electrons. The van der Waals surface area contributed by atoms with Crippen LogP contribution in [0.25, 0.3) is 0 Å². The van der Waals surface area contributed by atoms with Crippen molar-refractivity contribution in [3.8, 4) is 11.6 Å². The normalized spacial score (nSPS) is 14.7. The molecule has 1 aromatic carbocycles. The average Bonchev–Trinajstić information content (AvgIpc) is 3.01. The van der Waals surface area contributed by atoms with Crippen molar-refractivity contribution in [2.75, 3.05) is 19.0 Å². The van der Waals surface area contributed by atoms with Crippen LogP contribution in [0.4, 0.5) is 5.13 Å². The Hall–Kier alpha value is -1.80. The number of hydrogen-bond donors (Lipinski definition) is 3. The predicted molar refractivity (Wildman–Crippen MR) is 111 cm³/mol. The minimum atomic E-state index is -0.190. The summed E-state index contributed by atoms with van der Waals surface area (Å²) in [6.07, 6.45) is 6.63. The molecule has 27 heavy (non-hydrogen) atoms. The van der Waals surface area contributed by atoms with Gasteiger partial charge in [-0.15, -0.1) is 0 Å². The van der Waals surface area contributed by atoms with Gasteiger partial charge in [0.1, 0.15) is 5.75 Å². The van der Waals surface area contributed by atoms with Gasteiger partial charge in [0, 0.05) is 19.0 Å². The van der Waals surface area contributed by atoms with Crippen LogP contribution in [0.2, 0.25) is 0 Å². The Morgan fingerprint density at radius 3 is 2.89 bits per heavy atom. The highest BCUT2D eigenvalue weighted by Crippen LogP contribution is 2.31. The van der Waals surface area contributed by atoms with Gasteiger partial charge >= 0.3 is 0 Å².